The average molecular weight is 1900 g/mol. The van der Waals surface area contributed by atoms with Gasteiger partial charge in [-0.25, -0.2) is 28.7 Å². The average Bonchev–Trinajstić information content (AvgIpc) is 1.55. The maximum atomic E-state index is 17.8. The summed E-state index contributed by atoms with van der Waals surface area (Å²) < 4.78 is 54.5. The zero-order valence-corrected chi connectivity index (χ0v) is 86.8. The molecule has 0 spiro atoms. The van der Waals surface area contributed by atoms with E-state index in [0.717, 1.165) is 152 Å². The standard InChI is InChI=1S/C116H132F2N4O2S6Si2/c1-13-21-29-31-33-35-63-123-85-47-39-45-83(74-85)110-108(81-43-37-41-77(9)71-81)120-112-89(50-49-79(11)107(112)119-110)96-57-55-94(126-96)87-51-52-88(106(118)105(87)117)95-56-58-97(127-95)90-53-54-91(114-113(90)122-111(109(121-114)82-44-38-42-78(10)72-82)84-46-40-48-86(75-84)124-64-36-34-32-30-22-14-2)100-76-93-104(99-60-62-102(129-99)132(68-26-18-6,69-27-19-7)70-28-20-8)115-92(73-80(12)125-115)103(116(93)130-100)98-59-61-101(128-98)131(65-23-15-3,66-24-16-4)67-25-17-5/h37-62,71-76H,13-36,63-70H2,1-12H3. The number of fused-ring (bicyclic) bond motifs is 4. The number of ether oxygens (including phenoxy) is 2. The summed E-state index contributed by atoms with van der Waals surface area (Å²) in [5, 5.41) is 2.67. The van der Waals surface area contributed by atoms with Crippen molar-refractivity contribution in [2.24, 2.45) is 0 Å². The summed E-state index contributed by atoms with van der Waals surface area (Å²) in [5.41, 5.74) is 18.9. The van der Waals surface area contributed by atoms with Crippen molar-refractivity contribution in [3.05, 3.63) is 227 Å². The first-order valence-electron chi connectivity index (χ1n) is 49.7. The van der Waals surface area contributed by atoms with Crippen LogP contribution in [0.15, 0.2) is 194 Å². The number of hydrogen-bond acceptors (Lipinski definition) is 12. The molecule has 0 aliphatic rings. The first-order valence-corrected chi connectivity index (χ1v) is 59.8. The third-order valence-corrected chi connectivity index (χ3v) is 47.1. The van der Waals surface area contributed by atoms with Crippen molar-refractivity contribution in [3.8, 4) is 130 Å². The van der Waals surface area contributed by atoms with Gasteiger partial charge in [0.2, 0.25) is 0 Å². The highest BCUT2D eigenvalue weighted by atomic mass is 32.1. The van der Waals surface area contributed by atoms with Gasteiger partial charge in [0.1, 0.15) is 11.5 Å². The van der Waals surface area contributed by atoms with Crippen LogP contribution in [0.3, 0.4) is 0 Å². The molecule has 0 bridgehead atoms. The Kier molecular flexibility index (Phi) is 32.9. The number of nitrogens with zero attached hydrogens (tertiary/aromatic N) is 4. The molecule has 0 unspecified atom stereocenters. The van der Waals surface area contributed by atoms with Crippen molar-refractivity contribution in [3.63, 3.8) is 0 Å². The van der Waals surface area contributed by atoms with E-state index in [1.165, 1.54) is 233 Å². The Morgan fingerprint density at radius 1 is 0.280 bits per heavy atom. The second-order valence-corrected chi connectivity index (χ2v) is 53.8. The molecule has 6 nitrogen and oxygen atoms in total. The lowest BCUT2D eigenvalue weighted by atomic mass is 9.98. The second-order valence-electron chi connectivity index (χ2n) is 37.2. The number of rotatable bonds is 47. The van der Waals surface area contributed by atoms with E-state index in [0.29, 0.717) is 23.0 Å². The molecule has 8 aromatic heterocycles. The third-order valence-electron chi connectivity index (χ3n) is 27.2. The van der Waals surface area contributed by atoms with Crippen molar-refractivity contribution in [1.29, 1.82) is 0 Å². The molecule has 0 fully saturated rings. The Balaban J connectivity index is 0.834. The van der Waals surface area contributed by atoms with Gasteiger partial charge in [0.05, 0.1) is 74.2 Å². The smallest absolute Gasteiger partial charge is 0.168 e. The SMILES string of the molecule is CCCCCCCCOc1cccc(-c2nc3c(C)ccc(-c4ccc(-c5ccc(-c6ccc(-c7ccc(-c8cc9c(-c%10ccc([Si](CCCC)(CCCC)CCCC)s%10)c%10sc(C)cc%10c(-c%10ccc([Si](CCCC)(CCCC)CCCC)s%10)c9s8)c8nc(-c9cccc(C)c9)c(-c9cccc(OCCCCCCCC)c9)nc78)s6)c(F)c5F)s4)c3nc2-c2cccc(C)c2)c1. The molecule has 16 rings (SSSR count). The van der Waals surface area contributed by atoms with Gasteiger partial charge in [0.25, 0.3) is 0 Å². The van der Waals surface area contributed by atoms with Gasteiger partial charge >= 0.3 is 0 Å². The summed E-state index contributed by atoms with van der Waals surface area (Å²) in [5.74, 6) is -0.191. The zero-order chi connectivity index (χ0) is 91.8. The Morgan fingerprint density at radius 3 is 1.03 bits per heavy atom. The van der Waals surface area contributed by atoms with Crippen molar-refractivity contribution >= 4 is 135 Å². The lowest BCUT2D eigenvalue weighted by Gasteiger charge is -2.31. The van der Waals surface area contributed by atoms with Crippen molar-refractivity contribution < 1.29 is 18.3 Å². The van der Waals surface area contributed by atoms with Gasteiger partial charge < -0.3 is 9.47 Å². The normalized spacial score (nSPS) is 12.1. The number of benzene rings is 8. The number of hydrogen-bond donors (Lipinski definition) is 0. The topological polar surface area (TPSA) is 70.0 Å². The van der Waals surface area contributed by atoms with Gasteiger partial charge in [-0.3, -0.25) is 0 Å². The van der Waals surface area contributed by atoms with Crippen LogP contribution in [0.2, 0.25) is 36.3 Å². The van der Waals surface area contributed by atoms with Crippen molar-refractivity contribution in [2.45, 2.75) is 273 Å². The van der Waals surface area contributed by atoms with Crippen molar-refractivity contribution in [1.82, 2.24) is 19.9 Å². The summed E-state index contributed by atoms with van der Waals surface area (Å²) in [6.45, 7) is 28.8. The molecule has 16 heteroatoms. The van der Waals surface area contributed by atoms with Crippen LogP contribution >= 0.6 is 68.0 Å². The molecule has 0 amide bonds. The Labute approximate surface area is 810 Å². The molecule has 686 valence electrons. The van der Waals surface area contributed by atoms with Crippen LogP contribution in [0.25, 0.3) is 160 Å². The minimum absolute atomic E-state index is 0.195. The molecule has 0 aliphatic heterocycles. The molecular weight excluding hydrogens is 1770 g/mol. The van der Waals surface area contributed by atoms with E-state index in [4.69, 9.17) is 29.4 Å². The number of thiophene rings is 6. The maximum absolute atomic E-state index is 17.8. The first kappa shape index (κ1) is 96.2. The summed E-state index contributed by atoms with van der Waals surface area (Å²) in [4.78, 5) is 31.4. The van der Waals surface area contributed by atoms with E-state index in [2.05, 4.69) is 257 Å². The Bertz CT molecular complexity index is 6470. The van der Waals surface area contributed by atoms with E-state index in [-0.39, 0.29) is 11.1 Å². The minimum atomic E-state index is -1.89. The van der Waals surface area contributed by atoms with E-state index in [1.54, 1.807) is 21.1 Å². The summed E-state index contributed by atoms with van der Waals surface area (Å²) in [7, 11) is -3.78. The highest BCUT2D eigenvalue weighted by Crippen LogP contribution is 2.55. The molecule has 8 aromatic carbocycles. The number of unbranched alkanes of at least 4 members (excludes halogenated alkanes) is 16. The van der Waals surface area contributed by atoms with Gasteiger partial charge in [-0.15, -0.1) is 68.0 Å². The fraction of sp³-hybridized carbons (Fsp3) is 0.379. The Morgan fingerprint density at radius 2 is 0.614 bits per heavy atom. The van der Waals surface area contributed by atoms with Crippen LogP contribution in [0.5, 0.6) is 11.5 Å². The number of halogens is 2. The lowest BCUT2D eigenvalue weighted by molar-refractivity contribution is 0.304. The lowest BCUT2D eigenvalue weighted by Crippen LogP contribution is -2.45. The second kappa shape index (κ2) is 45.1. The molecule has 0 atom stereocenters. The van der Waals surface area contributed by atoms with Gasteiger partial charge in [-0.1, -0.05) is 341 Å². The predicted molar refractivity (Wildman–Crippen MR) is 580 cm³/mol. The molecule has 0 radical (unpaired) electrons. The summed E-state index contributed by atoms with van der Waals surface area (Å²) in [6.07, 6.45) is 29.2. The van der Waals surface area contributed by atoms with Gasteiger partial charge in [0.15, 0.2) is 11.6 Å². The van der Waals surface area contributed by atoms with Gasteiger partial charge in [-0.2, -0.15) is 0 Å². The minimum Gasteiger partial charge on any atom is -0.494 e. The van der Waals surface area contributed by atoms with Gasteiger partial charge in [-0.05, 0) is 152 Å². The fourth-order valence-corrected chi connectivity index (χ4v) is 40.3. The Hall–Kier alpha value is -8.95. The monoisotopic (exact) mass is 1900 g/mol. The van der Waals surface area contributed by atoms with Gasteiger partial charge in [0, 0.05) is 120 Å². The predicted octanol–water partition coefficient (Wildman–Crippen LogP) is 37.7. The molecule has 0 N–H and O–H groups in total. The third kappa shape index (κ3) is 21.3. The van der Waals surface area contributed by atoms with Crippen molar-refractivity contribution in [2.75, 3.05) is 13.2 Å². The van der Waals surface area contributed by atoms with Crippen LogP contribution in [0.1, 0.15) is 231 Å². The van der Waals surface area contributed by atoms with Crippen LogP contribution in [-0.4, -0.2) is 49.3 Å². The number of aromatic nitrogens is 4. The molecular formula is C116H132F2N4O2S6Si2. The van der Waals surface area contributed by atoms with E-state index in [9.17, 15) is 0 Å². The largest absolute Gasteiger partial charge is 0.494 e. The molecule has 8 heterocycles. The maximum Gasteiger partial charge on any atom is 0.168 e. The van der Waals surface area contributed by atoms with Crippen LogP contribution in [-0.2, 0) is 0 Å². The molecule has 0 saturated heterocycles. The van der Waals surface area contributed by atoms with E-state index >= 15 is 8.78 Å². The molecule has 0 aliphatic carbocycles. The summed E-state index contributed by atoms with van der Waals surface area (Å²) in [6, 6.07) is 77.5. The first-order chi connectivity index (χ1) is 64.5. The molecule has 16 aromatic rings. The highest BCUT2D eigenvalue weighted by molar-refractivity contribution is 7.31. The molecule has 132 heavy (non-hydrogen) atoms. The zero-order valence-electron chi connectivity index (χ0n) is 79.9. The summed E-state index contributed by atoms with van der Waals surface area (Å²) >= 11 is 11.1. The van der Waals surface area contributed by atoms with E-state index in [1.807, 2.05) is 53.0 Å². The fourth-order valence-electron chi connectivity index (χ4n) is 19.8. The highest BCUT2D eigenvalue weighted by Gasteiger charge is 2.38. The quantitative estimate of drug-likeness (QED) is 0.0280. The van der Waals surface area contributed by atoms with Crippen LogP contribution < -0.4 is 18.5 Å². The van der Waals surface area contributed by atoms with Crippen LogP contribution in [0.4, 0.5) is 8.78 Å². The number of aryl methyl sites for hydroxylation is 4. The van der Waals surface area contributed by atoms with Crippen LogP contribution in [0, 0.1) is 39.3 Å². The molecule has 0 saturated carbocycles. The van der Waals surface area contributed by atoms with E-state index < -0.39 is 27.8 Å².